The second kappa shape index (κ2) is 11.2. The second-order valence-corrected chi connectivity index (χ2v) is 8.96. The van der Waals surface area contributed by atoms with Gasteiger partial charge in [-0.1, -0.05) is 48.8 Å². The molecule has 0 saturated carbocycles. The first-order valence-corrected chi connectivity index (χ1v) is 12.6. The van der Waals surface area contributed by atoms with Gasteiger partial charge in [0.1, 0.15) is 5.82 Å². The molecular formula is C28H27N7O4. The molecule has 0 aliphatic heterocycles. The van der Waals surface area contributed by atoms with Crippen LogP contribution >= 0.6 is 0 Å². The number of aryl methyl sites for hydroxylation is 2. The summed E-state index contributed by atoms with van der Waals surface area (Å²) in [7, 11) is 1.53. The molecule has 0 spiro atoms. The first kappa shape index (κ1) is 25.7. The van der Waals surface area contributed by atoms with Crippen molar-refractivity contribution in [2.75, 3.05) is 7.11 Å². The molecule has 1 N–H and O–H groups in total. The number of ether oxygens (including phenoxy) is 1. The maximum atomic E-state index is 13.8. The lowest BCUT2D eigenvalue weighted by Gasteiger charge is -2.14. The minimum absolute atomic E-state index is 0.218. The molecule has 0 aliphatic carbocycles. The first-order chi connectivity index (χ1) is 19.0. The van der Waals surface area contributed by atoms with Gasteiger partial charge in [-0.2, -0.15) is 0 Å². The largest absolute Gasteiger partial charge is 0.494 e. The molecule has 39 heavy (non-hydrogen) atoms. The lowest BCUT2D eigenvalue weighted by atomic mass is 9.99. The third kappa shape index (κ3) is 5.37. The molecule has 5 aromatic rings. The van der Waals surface area contributed by atoms with E-state index >= 15 is 0 Å². The molecule has 0 radical (unpaired) electrons. The Bertz CT molecular complexity index is 1700. The fraction of sp³-hybridized carbons (Fsp3) is 0.250. The maximum Gasteiger partial charge on any atom is 0.439 e. The summed E-state index contributed by atoms with van der Waals surface area (Å²) in [6.45, 7) is 3.88. The highest BCUT2D eigenvalue weighted by molar-refractivity contribution is 5.79. The van der Waals surface area contributed by atoms with Crippen molar-refractivity contribution in [3.05, 3.63) is 98.7 Å². The van der Waals surface area contributed by atoms with Gasteiger partial charge in [-0.05, 0) is 31.4 Å². The van der Waals surface area contributed by atoms with Crippen molar-refractivity contribution in [1.82, 2.24) is 34.6 Å². The summed E-state index contributed by atoms with van der Waals surface area (Å²) < 4.78 is 11.2. The van der Waals surface area contributed by atoms with Gasteiger partial charge in [0.15, 0.2) is 11.6 Å². The molecular weight excluding hydrogens is 498 g/mol. The summed E-state index contributed by atoms with van der Waals surface area (Å²) in [6, 6.07) is 11.3. The normalized spacial score (nSPS) is 11.1. The highest BCUT2D eigenvalue weighted by atomic mass is 16.5. The molecule has 198 valence electrons. The minimum atomic E-state index is -0.621. The van der Waals surface area contributed by atoms with Gasteiger partial charge in [0.05, 0.1) is 25.2 Å². The van der Waals surface area contributed by atoms with E-state index in [4.69, 9.17) is 9.72 Å². The van der Waals surface area contributed by atoms with Gasteiger partial charge in [0.2, 0.25) is 5.95 Å². The number of pyridine rings is 1. The third-order valence-corrected chi connectivity index (χ3v) is 6.36. The van der Waals surface area contributed by atoms with Crippen LogP contribution in [0.15, 0.2) is 69.1 Å². The Morgan fingerprint density at radius 3 is 2.41 bits per heavy atom. The predicted molar refractivity (Wildman–Crippen MR) is 144 cm³/mol. The van der Waals surface area contributed by atoms with Crippen LogP contribution in [-0.2, 0) is 12.8 Å². The Hall–Kier alpha value is -4.93. The zero-order valence-corrected chi connectivity index (χ0v) is 21.8. The Kier molecular flexibility index (Phi) is 7.39. The number of aromatic nitrogens is 7. The smallest absolute Gasteiger partial charge is 0.439 e. The van der Waals surface area contributed by atoms with Crippen LogP contribution < -0.4 is 16.1 Å². The number of aromatic amines is 1. The topological polar surface area (TPSA) is 142 Å². The van der Waals surface area contributed by atoms with Crippen molar-refractivity contribution >= 4 is 0 Å². The van der Waals surface area contributed by atoms with Crippen LogP contribution in [0.5, 0.6) is 5.75 Å². The maximum absolute atomic E-state index is 13.8. The highest BCUT2D eigenvalue weighted by Gasteiger charge is 2.19. The van der Waals surface area contributed by atoms with E-state index in [1.54, 1.807) is 13.1 Å². The number of hydrogen-bond acceptors (Lipinski definition) is 9. The van der Waals surface area contributed by atoms with E-state index in [1.807, 2.05) is 36.4 Å². The summed E-state index contributed by atoms with van der Waals surface area (Å²) >= 11 is 0. The van der Waals surface area contributed by atoms with Gasteiger partial charge in [-0.25, -0.2) is 24.3 Å². The number of rotatable bonds is 9. The molecule has 0 saturated heterocycles. The number of benzene rings is 1. The number of nitrogens with zero attached hydrogens (tertiary/aromatic N) is 6. The molecule has 4 aromatic heterocycles. The van der Waals surface area contributed by atoms with Crippen molar-refractivity contribution in [3.8, 4) is 34.2 Å². The lowest BCUT2D eigenvalue weighted by molar-refractivity contribution is 0.388. The molecule has 0 bridgehead atoms. The van der Waals surface area contributed by atoms with E-state index in [0.29, 0.717) is 47.1 Å². The SMILES string of the molecule is CCCCc1nc(C)n(-c2ncc(OC)cn2)c(=O)c1Cc1ccc(-c2ccccc2-c2noc(=O)[nH]2)cn1. The van der Waals surface area contributed by atoms with Gasteiger partial charge in [0.25, 0.3) is 5.56 Å². The van der Waals surface area contributed by atoms with Crippen molar-refractivity contribution in [2.45, 2.75) is 39.5 Å². The molecule has 4 heterocycles. The standard InChI is InChI=1S/C28H27N7O4/c1-4-5-10-24-23(26(36)35(17(2)32-24)27-30-15-20(38-3)16-31-27)13-19-12-11-18(14-29-19)21-8-6-7-9-22(21)25-33-28(37)39-34-25/h6-9,11-12,14-16H,4-5,10,13H2,1-3H3,(H,33,34,37). The highest BCUT2D eigenvalue weighted by Crippen LogP contribution is 2.29. The van der Waals surface area contributed by atoms with Crippen LogP contribution in [0.4, 0.5) is 0 Å². The molecule has 0 aliphatic rings. The monoisotopic (exact) mass is 525 g/mol. The molecule has 5 rings (SSSR count). The first-order valence-electron chi connectivity index (χ1n) is 12.6. The molecule has 11 nitrogen and oxygen atoms in total. The van der Waals surface area contributed by atoms with Gasteiger partial charge in [-0.3, -0.25) is 19.3 Å². The second-order valence-electron chi connectivity index (χ2n) is 8.96. The number of unbranched alkanes of at least 4 members (excludes halogenated alkanes) is 1. The molecule has 11 heteroatoms. The van der Waals surface area contributed by atoms with Crippen LogP contribution in [0.1, 0.15) is 42.5 Å². The van der Waals surface area contributed by atoms with E-state index in [0.717, 1.165) is 29.7 Å². The van der Waals surface area contributed by atoms with Crippen molar-refractivity contribution < 1.29 is 9.26 Å². The fourth-order valence-electron chi connectivity index (χ4n) is 4.37. The Morgan fingerprint density at radius 1 is 1.00 bits per heavy atom. The zero-order chi connectivity index (χ0) is 27.4. The molecule has 0 fully saturated rings. The zero-order valence-electron chi connectivity index (χ0n) is 21.8. The molecule has 1 aromatic carbocycles. The van der Waals surface area contributed by atoms with Crippen molar-refractivity contribution in [3.63, 3.8) is 0 Å². The van der Waals surface area contributed by atoms with Gasteiger partial charge in [0, 0.05) is 35.0 Å². The van der Waals surface area contributed by atoms with E-state index in [2.05, 4.69) is 36.5 Å². The molecule has 0 amide bonds. The average Bonchev–Trinajstić information content (AvgIpc) is 3.40. The summed E-state index contributed by atoms with van der Waals surface area (Å²) in [6.07, 6.45) is 7.67. The van der Waals surface area contributed by atoms with Crippen LogP contribution in [0.25, 0.3) is 28.5 Å². The lowest BCUT2D eigenvalue weighted by Crippen LogP contribution is -2.29. The minimum Gasteiger partial charge on any atom is -0.494 e. The van der Waals surface area contributed by atoms with Gasteiger partial charge < -0.3 is 4.74 Å². The van der Waals surface area contributed by atoms with E-state index in [-0.39, 0.29) is 11.5 Å². The molecule has 0 atom stereocenters. The summed E-state index contributed by atoms with van der Waals surface area (Å²) in [4.78, 5) is 45.9. The number of methoxy groups -OCH3 is 1. The van der Waals surface area contributed by atoms with Crippen LogP contribution in [0.2, 0.25) is 0 Å². The predicted octanol–water partition coefficient (Wildman–Crippen LogP) is 3.68. The number of nitrogens with one attached hydrogen (secondary N) is 1. The van der Waals surface area contributed by atoms with Crippen LogP contribution in [0, 0.1) is 6.92 Å². The van der Waals surface area contributed by atoms with Gasteiger partial charge in [-0.15, -0.1) is 0 Å². The van der Waals surface area contributed by atoms with Gasteiger partial charge >= 0.3 is 5.76 Å². The Morgan fingerprint density at radius 2 is 1.77 bits per heavy atom. The quantitative estimate of drug-likeness (QED) is 0.305. The Labute approximate surface area is 223 Å². The molecule has 0 unspecified atom stereocenters. The fourth-order valence-corrected chi connectivity index (χ4v) is 4.37. The third-order valence-electron chi connectivity index (χ3n) is 6.36. The van der Waals surface area contributed by atoms with E-state index in [1.165, 1.54) is 24.1 Å². The number of H-pyrrole nitrogens is 1. The van der Waals surface area contributed by atoms with Crippen molar-refractivity contribution in [2.24, 2.45) is 0 Å². The summed E-state index contributed by atoms with van der Waals surface area (Å²) in [5.74, 6) is 0.973. The Balaban J connectivity index is 1.51. The van der Waals surface area contributed by atoms with Crippen molar-refractivity contribution in [1.29, 1.82) is 0 Å². The number of hydrogen-bond donors (Lipinski definition) is 1. The van der Waals surface area contributed by atoms with E-state index < -0.39 is 5.76 Å². The summed E-state index contributed by atoms with van der Waals surface area (Å²) in [5, 5.41) is 3.81. The van der Waals surface area contributed by atoms with Crippen LogP contribution in [-0.4, -0.2) is 41.8 Å². The van der Waals surface area contributed by atoms with Crippen LogP contribution in [0.3, 0.4) is 0 Å². The van der Waals surface area contributed by atoms with E-state index in [9.17, 15) is 9.59 Å². The average molecular weight is 526 g/mol. The summed E-state index contributed by atoms with van der Waals surface area (Å²) in [5.41, 5.74) is 4.20.